The molecule has 0 bridgehead atoms. The summed E-state index contributed by atoms with van der Waals surface area (Å²) in [7, 11) is 1.28. The maximum absolute atomic E-state index is 13.8. The Hall–Kier alpha value is -6.25. The molecule has 1 aliphatic rings. The first-order valence-electron chi connectivity index (χ1n) is 18.2. The van der Waals surface area contributed by atoms with Crippen molar-refractivity contribution in [2.75, 3.05) is 13.7 Å². The average molecular weight is 847 g/mol. The molecule has 1 aliphatic heterocycles. The van der Waals surface area contributed by atoms with Crippen LogP contribution in [0.5, 0.6) is 23.0 Å². The van der Waals surface area contributed by atoms with E-state index in [0.29, 0.717) is 0 Å². The molecule has 326 valence electrons. The molecule has 0 saturated carbocycles. The first-order chi connectivity index (χ1) is 28.2. The van der Waals surface area contributed by atoms with Crippen LogP contribution in [0.1, 0.15) is 90.3 Å². The van der Waals surface area contributed by atoms with Crippen LogP contribution in [0.2, 0.25) is 0 Å². The van der Waals surface area contributed by atoms with Crippen molar-refractivity contribution in [2.24, 2.45) is 0 Å². The number of methoxy groups -OCH3 is 1. The number of carbonyl (C=O) groups excluding carboxylic acids is 9. The largest absolute Gasteiger partial charge is 0.463 e. The lowest BCUT2D eigenvalue weighted by Gasteiger charge is -2.45. The molecule has 1 saturated heterocycles. The SMILES string of the molecule is COC(c1ccc(OC(C)=O)c(OC(C)=O)c1)C(CCC(=O)c1ccc(OC(C)=O)c(OC(C)=O)c1)OC1OC(COC(C)=O)C(OC(C)=O)C(OC(C)=O)C1OC(C)=O. The number of hydrogen-bond acceptors (Lipinski definition) is 20. The molecular weight excluding hydrogens is 800 g/mol. The summed E-state index contributed by atoms with van der Waals surface area (Å²) in [6.45, 7) is 8.18. The third-order valence-electron chi connectivity index (χ3n) is 8.08. The van der Waals surface area contributed by atoms with E-state index >= 15 is 0 Å². The minimum atomic E-state index is -1.73. The summed E-state index contributed by atoms with van der Waals surface area (Å²) in [5, 5.41) is 0. The zero-order chi connectivity index (χ0) is 44.8. The monoisotopic (exact) mass is 846 g/mol. The molecule has 2 aromatic rings. The summed E-state index contributed by atoms with van der Waals surface area (Å²) in [4.78, 5) is 110. The molecule has 0 radical (unpaired) electrons. The molecule has 7 unspecified atom stereocenters. The molecular formula is C40H46O20. The molecule has 20 heteroatoms. The Kier molecular flexibility index (Phi) is 17.8. The summed E-state index contributed by atoms with van der Waals surface area (Å²) >= 11 is 0. The van der Waals surface area contributed by atoms with Gasteiger partial charge in [0.15, 0.2) is 53.4 Å². The first-order valence-corrected chi connectivity index (χ1v) is 18.2. The fourth-order valence-electron chi connectivity index (χ4n) is 6.01. The van der Waals surface area contributed by atoms with Crippen molar-refractivity contribution in [1.29, 1.82) is 0 Å². The Labute approximate surface area is 343 Å². The summed E-state index contributed by atoms with van der Waals surface area (Å²) in [6.07, 6.45) is -11.0. The normalized spacial score (nSPS) is 19.3. The number of ketones is 1. The Morgan fingerprint density at radius 3 is 1.55 bits per heavy atom. The molecule has 1 fully saturated rings. The van der Waals surface area contributed by atoms with Crippen LogP contribution >= 0.6 is 0 Å². The van der Waals surface area contributed by atoms with Gasteiger partial charge in [0.2, 0.25) is 0 Å². The van der Waals surface area contributed by atoms with E-state index in [2.05, 4.69) is 0 Å². The van der Waals surface area contributed by atoms with E-state index in [1.54, 1.807) is 0 Å². The molecule has 3 rings (SSSR count). The number of rotatable bonds is 18. The van der Waals surface area contributed by atoms with Crippen LogP contribution in [-0.2, 0) is 71.5 Å². The topological polar surface area (TPSA) is 255 Å². The number of benzene rings is 2. The van der Waals surface area contributed by atoms with Gasteiger partial charge in [-0.1, -0.05) is 6.07 Å². The Bertz CT molecular complexity index is 1950. The fraction of sp³-hybridized carbons (Fsp3) is 0.475. The zero-order valence-electron chi connectivity index (χ0n) is 34.3. The van der Waals surface area contributed by atoms with Gasteiger partial charge in [-0.2, -0.15) is 0 Å². The molecule has 0 aliphatic carbocycles. The van der Waals surface area contributed by atoms with Crippen LogP contribution < -0.4 is 18.9 Å². The van der Waals surface area contributed by atoms with Crippen molar-refractivity contribution in [3.05, 3.63) is 47.5 Å². The van der Waals surface area contributed by atoms with Gasteiger partial charge in [-0.25, -0.2) is 0 Å². The third kappa shape index (κ3) is 14.5. The minimum Gasteiger partial charge on any atom is -0.463 e. The first kappa shape index (κ1) is 48.1. The second-order valence-corrected chi connectivity index (χ2v) is 13.1. The van der Waals surface area contributed by atoms with Gasteiger partial charge in [0, 0.05) is 74.5 Å². The molecule has 20 nitrogen and oxygen atoms in total. The van der Waals surface area contributed by atoms with Crippen molar-refractivity contribution in [3.63, 3.8) is 0 Å². The second kappa shape index (κ2) is 22.2. The van der Waals surface area contributed by atoms with Gasteiger partial charge < -0.3 is 52.1 Å². The van der Waals surface area contributed by atoms with E-state index in [-0.39, 0.29) is 47.0 Å². The van der Waals surface area contributed by atoms with Crippen molar-refractivity contribution >= 4 is 53.5 Å². The second-order valence-electron chi connectivity index (χ2n) is 13.1. The molecule has 1 heterocycles. The number of hydrogen-bond donors (Lipinski definition) is 0. The highest BCUT2D eigenvalue weighted by Crippen LogP contribution is 2.38. The summed E-state index contributed by atoms with van der Waals surface area (Å²) in [5.41, 5.74) is 0.251. The summed E-state index contributed by atoms with van der Waals surface area (Å²) in [5.74, 6) is -7.57. The van der Waals surface area contributed by atoms with Crippen molar-refractivity contribution < 1.29 is 95.3 Å². The number of ether oxygens (including phenoxy) is 11. The number of carbonyl (C=O) groups is 9. The van der Waals surface area contributed by atoms with Crippen LogP contribution in [0, 0.1) is 0 Å². The molecule has 0 amide bonds. The summed E-state index contributed by atoms with van der Waals surface area (Å²) in [6, 6.07) is 7.87. The Morgan fingerprint density at radius 2 is 1.05 bits per heavy atom. The van der Waals surface area contributed by atoms with E-state index < -0.39 is 103 Å². The molecule has 2 aromatic carbocycles. The van der Waals surface area contributed by atoms with Gasteiger partial charge in [-0.3, -0.25) is 43.2 Å². The third-order valence-corrected chi connectivity index (χ3v) is 8.08. The quantitative estimate of drug-likeness (QED) is 0.0903. The highest BCUT2D eigenvalue weighted by atomic mass is 16.7. The molecule has 0 spiro atoms. The lowest BCUT2D eigenvalue weighted by molar-refractivity contribution is -0.323. The Morgan fingerprint density at radius 1 is 0.567 bits per heavy atom. The van der Waals surface area contributed by atoms with Gasteiger partial charge in [0.25, 0.3) is 0 Å². The fourth-order valence-corrected chi connectivity index (χ4v) is 6.01. The lowest BCUT2D eigenvalue weighted by atomic mass is 9.95. The van der Waals surface area contributed by atoms with Crippen LogP contribution in [0.15, 0.2) is 36.4 Å². The van der Waals surface area contributed by atoms with Gasteiger partial charge in [0.1, 0.15) is 18.8 Å². The highest BCUT2D eigenvalue weighted by molar-refractivity contribution is 5.97. The number of esters is 8. The number of Topliss-reactive ketones (excluding diaryl/α,β-unsaturated/α-hetero) is 1. The van der Waals surface area contributed by atoms with Crippen molar-refractivity contribution in [3.8, 4) is 23.0 Å². The lowest BCUT2D eigenvalue weighted by Crippen LogP contribution is -2.63. The van der Waals surface area contributed by atoms with Gasteiger partial charge in [-0.05, 0) is 42.3 Å². The predicted octanol–water partition coefficient (Wildman–Crippen LogP) is 3.21. The molecule has 0 aromatic heterocycles. The predicted molar refractivity (Wildman–Crippen MR) is 198 cm³/mol. The molecule has 60 heavy (non-hydrogen) atoms. The van der Waals surface area contributed by atoms with Crippen molar-refractivity contribution in [2.45, 2.75) is 111 Å². The van der Waals surface area contributed by atoms with Gasteiger partial charge in [0.05, 0.1) is 6.10 Å². The van der Waals surface area contributed by atoms with E-state index in [1.165, 1.54) is 43.5 Å². The molecule has 0 N–H and O–H groups in total. The Balaban J connectivity index is 2.19. The summed E-state index contributed by atoms with van der Waals surface area (Å²) < 4.78 is 61.0. The van der Waals surface area contributed by atoms with Crippen LogP contribution in [-0.4, -0.2) is 104 Å². The molecule has 7 atom stereocenters. The minimum absolute atomic E-state index is 0.0186. The van der Waals surface area contributed by atoms with E-state index in [1.807, 2.05) is 0 Å². The van der Waals surface area contributed by atoms with E-state index in [4.69, 9.17) is 52.1 Å². The average Bonchev–Trinajstić information content (AvgIpc) is 3.12. The highest BCUT2D eigenvalue weighted by Gasteiger charge is 2.53. The van der Waals surface area contributed by atoms with Crippen LogP contribution in [0.4, 0.5) is 0 Å². The van der Waals surface area contributed by atoms with E-state index in [0.717, 1.165) is 55.4 Å². The smallest absolute Gasteiger partial charge is 0.308 e. The van der Waals surface area contributed by atoms with Crippen molar-refractivity contribution in [1.82, 2.24) is 0 Å². The van der Waals surface area contributed by atoms with E-state index in [9.17, 15) is 43.2 Å². The standard InChI is InChI=1S/C40H46O20/c1-19(41)51-18-35-37(56-24(6)46)38(57-25(7)47)39(58-26(8)48)40(60-35)59-32(36(50-9)28-11-14-31(53-21(3)43)34(17-28)55-23(5)45)15-12-29(49)27-10-13-30(52-20(2)42)33(16-27)54-22(4)44/h10-11,13-14,16-17,32,35-40H,12,15,18H2,1-9H3. The van der Waals surface area contributed by atoms with Crippen LogP contribution in [0.25, 0.3) is 0 Å². The maximum atomic E-state index is 13.8. The zero-order valence-corrected chi connectivity index (χ0v) is 34.3. The van der Waals surface area contributed by atoms with Gasteiger partial charge in [-0.15, -0.1) is 0 Å². The maximum Gasteiger partial charge on any atom is 0.308 e. The van der Waals surface area contributed by atoms with Crippen LogP contribution in [0.3, 0.4) is 0 Å². The van der Waals surface area contributed by atoms with Gasteiger partial charge >= 0.3 is 47.8 Å².